The Morgan fingerprint density at radius 2 is 1.82 bits per heavy atom. The van der Waals surface area contributed by atoms with Crippen molar-refractivity contribution in [2.75, 3.05) is 6.54 Å². The Morgan fingerprint density at radius 1 is 1.18 bits per heavy atom. The lowest BCUT2D eigenvalue weighted by atomic mass is 10.1. The van der Waals surface area contributed by atoms with Crippen molar-refractivity contribution in [2.45, 2.75) is 20.3 Å². The highest BCUT2D eigenvalue weighted by Crippen LogP contribution is 2.31. The lowest BCUT2D eigenvalue weighted by molar-refractivity contribution is -0.385. The molecule has 0 fully saturated rings. The molecule has 2 aromatic rings. The number of benzene rings is 2. The summed E-state index contributed by atoms with van der Waals surface area (Å²) in [6, 6.07) is 7.48. The first-order valence-electron chi connectivity index (χ1n) is 8.31. The van der Waals surface area contributed by atoms with Gasteiger partial charge in [-0.25, -0.2) is 0 Å². The van der Waals surface area contributed by atoms with Gasteiger partial charge in [0.1, 0.15) is 11.3 Å². The molecule has 0 atom stereocenters. The van der Waals surface area contributed by atoms with Crippen LogP contribution in [0.25, 0.3) is 0 Å². The Hall–Kier alpha value is -3.07. The standard InChI is InChI=1S/C19H15BrN2O6/c1-10-8-12(20)9-11(2)17(10)28-15(23)6-7-21-18(24)13-4-3-5-14(22(26)27)16(13)19(21)25/h3-5,8-9H,6-7H2,1-2H3. The monoisotopic (exact) mass is 446 g/mol. The van der Waals surface area contributed by atoms with E-state index in [2.05, 4.69) is 15.9 Å². The average molecular weight is 447 g/mol. The molecule has 0 unspecified atom stereocenters. The van der Waals surface area contributed by atoms with Crippen LogP contribution in [-0.4, -0.2) is 34.2 Å². The number of amides is 2. The summed E-state index contributed by atoms with van der Waals surface area (Å²) in [5.74, 6) is -1.63. The SMILES string of the molecule is Cc1cc(Br)cc(C)c1OC(=O)CCN1C(=O)c2cccc([N+](=O)[O-])c2C1=O. The van der Waals surface area contributed by atoms with E-state index < -0.39 is 28.4 Å². The van der Waals surface area contributed by atoms with Crippen molar-refractivity contribution < 1.29 is 24.0 Å². The Morgan fingerprint density at radius 3 is 2.43 bits per heavy atom. The van der Waals surface area contributed by atoms with Crippen LogP contribution < -0.4 is 4.74 Å². The highest BCUT2D eigenvalue weighted by atomic mass is 79.9. The van der Waals surface area contributed by atoms with Gasteiger partial charge in [-0.2, -0.15) is 0 Å². The molecule has 0 saturated carbocycles. The molecule has 1 heterocycles. The van der Waals surface area contributed by atoms with Crippen LogP contribution in [0.15, 0.2) is 34.8 Å². The number of rotatable bonds is 5. The summed E-state index contributed by atoms with van der Waals surface area (Å²) < 4.78 is 6.24. The summed E-state index contributed by atoms with van der Waals surface area (Å²) in [7, 11) is 0. The molecule has 1 aliphatic heterocycles. The van der Waals surface area contributed by atoms with E-state index in [4.69, 9.17) is 4.74 Å². The first kappa shape index (κ1) is 19.7. The van der Waals surface area contributed by atoms with Gasteiger partial charge in [-0.15, -0.1) is 0 Å². The topological polar surface area (TPSA) is 107 Å². The number of halogens is 1. The smallest absolute Gasteiger partial charge is 0.313 e. The average Bonchev–Trinajstić information content (AvgIpc) is 2.87. The minimum atomic E-state index is -0.781. The van der Waals surface area contributed by atoms with Crippen molar-refractivity contribution in [3.63, 3.8) is 0 Å². The molecule has 0 N–H and O–H groups in total. The lowest BCUT2D eigenvalue weighted by Crippen LogP contribution is -2.32. The molecule has 0 aliphatic carbocycles. The summed E-state index contributed by atoms with van der Waals surface area (Å²) in [4.78, 5) is 48.4. The van der Waals surface area contributed by atoms with E-state index in [1.54, 1.807) is 26.0 Å². The predicted molar refractivity (Wildman–Crippen MR) is 102 cm³/mol. The molecule has 0 aromatic heterocycles. The van der Waals surface area contributed by atoms with Crippen LogP contribution in [0.5, 0.6) is 5.75 Å². The van der Waals surface area contributed by atoms with Crippen LogP contribution >= 0.6 is 15.9 Å². The van der Waals surface area contributed by atoms with Gasteiger partial charge in [0.15, 0.2) is 0 Å². The fraction of sp³-hybridized carbons (Fsp3) is 0.211. The molecule has 144 valence electrons. The minimum Gasteiger partial charge on any atom is -0.426 e. The van der Waals surface area contributed by atoms with Crippen molar-refractivity contribution in [3.8, 4) is 5.75 Å². The second-order valence-corrected chi connectivity index (χ2v) is 7.23. The van der Waals surface area contributed by atoms with Crippen LogP contribution in [0.4, 0.5) is 5.69 Å². The van der Waals surface area contributed by atoms with E-state index in [-0.39, 0.29) is 24.1 Å². The maximum Gasteiger partial charge on any atom is 0.313 e. The van der Waals surface area contributed by atoms with E-state index in [1.165, 1.54) is 18.2 Å². The number of carbonyl (C=O) groups is 3. The lowest BCUT2D eigenvalue weighted by Gasteiger charge is -2.14. The molecule has 8 nitrogen and oxygen atoms in total. The van der Waals surface area contributed by atoms with Gasteiger partial charge in [0, 0.05) is 17.1 Å². The van der Waals surface area contributed by atoms with Crippen molar-refractivity contribution in [2.24, 2.45) is 0 Å². The fourth-order valence-corrected chi connectivity index (χ4v) is 3.78. The molecular weight excluding hydrogens is 432 g/mol. The van der Waals surface area contributed by atoms with Gasteiger partial charge in [0.05, 0.1) is 16.9 Å². The Labute approximate surface area is 168 Å². The van der Waals surface area contributed by atoms with Crippen LogP contribution in [0.3, 0.4) is 0 Å². The van der Waals surface area contributed by atoms with E-state index in [0.717, 1.165) is 20.5 Å². The summed E-state index contributed by atoms with van der Waals surface area (Å²) >= 11 is 3.36. The van der Waals surface area contributed by atoms with Gasteiger partial charge in [0.25, 0.3) is 17.5 Å². The van der Waals surface area contributed by atoms with Gasteiger partial charge in [-0.05, 0) is 43.2 Å². The zero-order chi connectivity index (χ0) is 20.6. The number of carbonyl (C=O) groups excluding carboxylic acids is 3. The quantitative estimate of drug-likeness (QED) is 0.228. The summed E-state index contributed by atoms with van der Waals surface area (Å²) in [5.41, 5.74) is 0.813. The number of nitro benzene ring substituents is 1. The van der Waals surface area contributed by atoms with E-state index in [0.29, 0.717) is 5.75 Å². The van der Waals surface area contributed by atoms with Crippen molar-refractivity contribution in [1.82, 2.24) is 4.90 Å². The normalized spacial score (nSPS) is 12.9. The number of esters is 1. The first-order valence-corrected chi connectivity index (χ1v) is 9.11. The molecule has 3 rings (SSSR count). The fourth-order valence-electron chi connectivity index (χ4n) is 3.10. The van der Waals surface area contributed by atoms with E-state index >= 15 is 0 Å². The molecule has 9 heteroatoms. The maximum absolute atomic E-state index is 12.5. The minimum absolute atomic E-state index is 0.0350. The molecule has 0 radical (unpaired) electrons. The Bertz CT molecular complexity index is 1010. The number of ether oxygens (including phenoxy) is 1. The van der Waals surface area contributed by atoms with Crippen molar-refractivity contribution in [3.05, 3.63) is 67.2 Å². The molecule has 28 heavy (non-hydrogen) atoms. The Balaban J connectivity index is 1.73. The van der Waals surface area contributed by atoms with Crippen molar-refractivity contribution >= 4 is 39.4 Å². The first-order chi connectivity index (χ1) is 13.2. The molecule has 0 spiro atoms. The largest absolute Gasteiger partial charge is 0.426 e. The second-order valence-electron chi connectivity index (χ2n) is 6.31. The van der Waals surface area contributed by atoms with Gasteiger partial charge < -0.3 is 4.74 Å². The van der Waals surface area contributed by atoms with Gasteiger partial charge in [-0.3, -0.25) is 29.4 Å². The number of imide groups is 1. The summed E-state index contributed by atoms with van der Waals surface area (Å²) in [6.07, 6.45) is -0.228. The molecule has 2 amide bonds. The van der Waals surface area contributed by atoms with Gasteiger partial charge >= 0.3 is 5.97 Å². The highest BCUT2D eigenvalue weighted by Gasteiger charge is 2.40. The number of nitrogens with zero attached hydrogens (tertiary/aromatic N) is 2. The van der Waals surface area contributed by atoms with Crippen molar-refractivity contribution in [1.29, 1.82) is 0 Å². The Kier molecular flexibility index (Phi) is 5.28. The third-order valence-electron chi connectivity index (χ3n) is 4.35. The summed E-state index contributed by atoms with van der Waals surface area (Å²) in [6.45, 7) is 3.37. The van der Waals surface area contributed by atoms with Crippen LogP contribution in [0.2, 0.25) is 0 Å². The maximum atomic E-state index is 12.5. The van der Waals surface area contributed by atoms with Crippen LogP contribution in [0, 0.1) is 24.0 Å². The number of fused-ring (bicyclic) bond motifs is 1. The van der Waals surface area contributed by atoms with Gasteiger partial charge in [0.2, 0.25) is 0 Å². The third kappa shape index (κ3) is 3.53. The number of nitro groups is 1. The number of aryl methyl sites for hydroxylation is 2. The molecule has 1 aliphatic rings. The van der Waals surface area contributed by atoms with Crippen LogP contribution in [0.1, 0.15) is 38.3 Å². The molecule has 0 bridgehead atoms. The zero-order valence-corrected chi connectivity index (χ0v) is 16.6. The van der Waals surface area contributed by atoms with Crippen LogP contribution in [-0.2, 0) is 4.79 Å². The van der Waals surface area contributed by atoms with Gasteiger partial charge in [-0.1, -0.05) is 22.0 Å². The molecule has 2 aromatic carbocycles. The van der Waals surface area contributed by atoms with E-state index in [1.807, 2.05) is 0 Å². The molecular formula is C19H15BrN2O6. The molecule has 0 saturated heterocycles. The highest BCUT2D eigenvalue weighted by molar-refractivity contribution is 9.10. The zero-order valence-electron chi connectivity index (χ0n) is 15.0. The van der Waals surface area contributed by atoms with E-state index in [9.17, 15) is 24.5 Å². The summed E-state index contributed by atoms with van der Waals surface area (Å²) in [5, 5.41) is 11.1. The second kappa shape index (κ2) is 7.51. The number of hydrogen-bond donors (Lipinski definition) is 0. The third-order valence-corrected chi connectivity index (χ3v) is 4.81. The predicted octanol–water partition coefficient (Wildman–Crippen LogP) is 3.57. The number of hydrogen-bond acceptors (Lipinski definition) is 6.